The van der Waals surface area contributed by atoms with Crippen LogP contribution in [0.25, 0.3) is 22.0 Å². The molecule has 0 fully saturated rings. The van der Waals surface area contributed by atoms with Gasteiger partial charge in [0.25, 0.3) is 0 Å². The molecule has 0 atom stereocenters. The zero-order valence-corrected chi connectivity index (χ0v) is 8.83. The molecule has 1 heterocycles. The minimum atomic E-state index is 1.06. The molecule has 1 aromatic heterocycles. The van der Waals surface area contributed by atoms with Gasteiger partial charge in [-0.3, -0.25) is 0 Å². The first kappa shape index (κ1) is 8.17. The Kier molecular flexibility index (Phi) is 1.41. The van der Waals surface area contributed by atoms with Gasteiger partial charge in [0, 0.05) is 23.9 Å². The number of fused-ring (bicyclic) bond motifs is 5. The zero-order chi connectivity index (χ0) is 10.5. The summed E-state index contributed by atoms with van der Waals surface area (Å²) >= 11 is 0. The fraction of sp³-hybridized carbons (Fsp3) is 0.0667. The number of aromatic amines is 1. The first-order valence-electron chi connectivity index (χ1n) is 5.61. The standard InChI is InChI=1S/C15H11N/c1-2-4-12-10(3-1)5-6-13-14(12)9-11-7-8-16-15(11)13/h1-8,16H,9H2. The number of benzene rings is 2. The molecule has 2 aromatic carbocycles. The maximum Gasteiger partial charge on any atom is 0.0492 e. The lowest BCUT2D eigenvalue weighted by atomic mass is 10.0. The van der Waals surface area contributed by atoms with Gasteiger partial charge in [0.15, 0.2) is 0 Å². The molecule has 0 spiro atoms. The Morgan fingerprint density at radius 2 is 1.88 bits per heavy atom. The molecular formula is C15H11N. The third kappa shape index (κ3) is 0.904. The fourth-order valence-corrected chi connectivity index (χ4v) is 2.75. The molecule has 4 rings (SSSR count). The highest BCUT2D eigenvalue weighted by atomic mass is 14.7. The lowest BCUT2D eigenvalue weighted by Crippen LogP contribution is -1.84. The Labute approximate surface area is 93.7 Å². The van der Waals surface area contributed by atoms with Crippen molar-refractivity contribution in [3.05, 3.63) is 59.8 Å². The molecule has 1 N–H and O–H groups in total. The van der Waals surface area contributed by atoms with E-state index in [1.165, 1.54) is 33.2 Å². The van der Waals surface area contributed by atoms with Crippen molar-refractivity contribution < 1.29 is 0 Å². The van der Waals surface area contributed by atoms with E-state index in [-0.39, 0.29) is 0 Å². The fourth-order valence-electron chi connectivity index (χ4n) is 2.75. The summed E-state index contributed by atoms with van der Waals surface area (Å²) in [4.78, 5) is 3.34. The van der Waals surface area contributed by atoms with E-state index in [9.17, 15) is 0 Å². The third-order valence-corrected chi connectivity index (χ3v) is 3.51. The van der Waals surface area contributed by atoms with Crippen molar-refractivity contribution >= 4 is 10.8 Å². The molecule has 1 heteroatoms. The highest BCUT2D eigenvalue weighted by Crippen LogP contribution is 2.39. The maximum atomic E-state index is 3.34. The van der Waals surface area contributed by atoms with Crippen LogP contribution in [0, 0.1) is 0 Å². The molecule has 0 bridgehead atoms. The van der Waals surface area contributed by atoms with Gasteiger partial charge in [0.2, 0.25) is 0 Å². The van der Waals surface area contributed by atoms with Gasteiger partial charge < -0.3 is 4.98 Å². The van der Waals surface area contributed by atoms with E-state index < -0.39 is 0 Å². The first-order chi connectivity index (χ1) is 7.93. The second-order valence-corrected chi connectivity index (χ2v) is 4.37. The molecule has 1 aliphatic rings. The number of aromatic nitrogens is 1. The molecule has 0 aliphatic heterocycles. The van der Waals surface area contributed by atoms with E-state index in [1.807, 2.05) is 6.20 Å². The summed E-state index contributed by atoms with van der Waals surface area (Å²) in [5.74, 6) is 0. The summed E-state index contributed by atoms with van der Waals surface area (Å²) in [7, 11) is 0. The smallest absolute Gasteiger partial charge is 0.0492 e. The molecule has 0 unspecified atom stereocenters. The van der Waals surface area contributed by atoms with E-state index in [2.05, 4.69) is 47.4 Å². The Morgan fingerprint density at radius 3 is 2.88 bits per heavy atom. The number of H-pyrrole nitrogens is 1. The van der Waals surface area contributed by atoms with Gasteiger partial charge in [0.05, 0.1) is 0 Å². The van der Waals surface area contributed by atoms with E-state index >= 15 is 0 Å². The summed E-state index contributed by atoms with van der Waals surface area (Å²) in [6.45, 7) is 0. The van der Waals surface area contributed by atoms with E-state index in [4.69, 9.17) is 0 Å². The highest BCUT2D eigenvalue weighted by molar-refractivity contribution is 5.94. The minimum Gasteiger partial charge on any atom is -0.361 e. The van der Waals surface area contributed by atoms with Crippen molar-refractivity contribution in [2.75, 3.05) is 0 Å². The van der Waals surface area contributed by atoms with Gasteiger partial charge in [-0.15, -0.1) is 0 Å². The van der Waals surface area contributed by atoms with Crippen LogP contribution >= 0.6 is 0 Å². The Morgan fingerprint density at radius 1 is 0.938 bits per heavy atom. The molecule has 3 aromatic rings. The molecule has 76 valence electrons. The van der Waals surface area contributed by atoms with Crippen LogP contribution < -0.4 is 0 Å². The van der Waals surface area contributed by atoms with Crippen molar-refractivity contribution in [2.45, 2.75) is 6.42 Å². The van der Waals surface area contributed by atoms with Crippen molar-refractivity contribution in [3.8, 4) is 11.3 Å². The second-order valence-electron chi connectivity index (χ2n) is 4.37. The van der Waals surface area contributed by atoms with Crippen LogP contribution in [0.1, 0.15) is 11.1 Å². The summed E-state index contributed by atoms with van der Waals surface area (Å²) in [6.07, 6.45) is 3.10. The van der Waals surface area contributed by atoms with Crippen LogP contribution in [0.15, 0.2) is 48.7 Å². The monoisotopic (exact) mass is 205 g/mol. The predicted molar refractivity (Wildman–Crippen MR) is 66.5 cm³/mol. The molecule has 0 saturated carbocycles. The lowest BCUT2D eigenvalue weighted by molar-refractivity contribution is 1.30. The average molecular weight is 205 g/mol. The Bertz CT molecular complexity index is 691. The van der Waals surface area contributed by atoms with E-state index in [1.54, 1.807) is 0 Å². The van der Waals surface area contributed by atoms with Gasteiger partial charge in [-0.05, 0) is 28.0 Å². The normalized spacial score (nSPS) is 12.8. The van der Waals surface area contributed by atoms with Crippen LogP contribution in [-0.4, -0.2) is 4.98 Å². The summed E-state index contributed by atoms with van der Waals surface area (Å²) in [5, 5.41) is 2.73. The Balaban J connectivity index is 2.14. The van der Waals surface area contributed by atoms with Crippen molar-refractivity contribution in [2.24, 2.45) is 0 Å². The second kappa shape index (κ2) is 2.76. The lowest BCUT2D eigenvalue weighted by Gasteiger charge is -2.05. The van der Waals surface area contributed by atoms with E-state index in [0.29, 0.717) is 0 Å². The van der Waals surface area contributed by atoms with Crippen molar-refractivity contribution in [3.63, 3.8) is 0 Å². The SMILES string of the molecule is c1ccc2c3c(ccc2c1)-c1[nH]ccc1C3. The number of hydrogen-bond acceptors (Lipinski definition) is 0. The minimum absolute atomic E-state index is 1.06. The molecule has 1 aliphatic carbocycles. The van der Waals surface area contributed by atoms with Gasteiger partial charge in [-0.1, -0.05) is 36.4 Å². The summed E-state index contributed by atoms with van der Waals surface area (Å²) in [5.41, 5.74) is 5.57. The van der Waals surface area contributed by atoms with Crippen molar-refractivity contribution in [1.82, 2.24) is 4.98 Å². The van der Waals surface area contributed by atoms with Crippen molar-refractivity contribution in [1.29, 1.82) is 0 Å². The van der Waals surface area contributed by atoms with Gasteiger partial charge in [-0.2, -0.15) is 0 Å². The van der Waals surface area contributed by atoms with Crippen LogP contribution in [0.4, 0.5) is 0 Å². The average Bonchev–Trinajstić information content (AvgIpc) is 2.88. The van der Waals surface area contributed by atoms with Crippen LogP contribution in [-0.2, 0) is 6.42 Å². The molecule has 16 heavy (non-hydrogen) atoms. The number of hydrogen-bond donors (Lipinski definition) is 1. The summed E-state index contributed by atoms with van der Waals surface area (Å²) in [6, 6.07) is 15.3. The zero-order valence-electron chi connectivity index (χ0n) is 8.83. The number of nitrogens with one attached hydrogen (secondary N) is 1. The maximum absolute atomic E-state index is 3.34. The molecule has 1 nitrogen and oxygen atoms in total. The topological polar surface area (TPSA) is 15.8 Å². The quantitative estimate of drug-likeness (QED) is 0.450. The number of rotatable bonds is 0. The largest absolute Gasteiger partial charge is 0.361 e. The molecule has 0 amide bonds. The Hall–Kier alpha value is -2.02. The van der Waals surface area contributed by atoms with Gasteiger partial charge in [-0.25, -0.2) is 0 Å². The van der Waals surface area contributed by atoms with Gasteiger partial charge >= 0.3 is 0 Å². The van der Waals surface area contributed by atoms with Gasteiger partial charge in [0.1, 0.15) is 0 Å². The molecule has 0 saturated heterocycles. The first-order valence-corrected chi connectivity index (χ1v) is 5.61. The third-order valence-electron chi connectivity index (χ3n) is 3.51. The van der Waals surface area contributed by atoms with Crippen LogP contribution in [0.5, 0.6) is 0 Å². The van der Waals surface area contributed by atoms with E-state index in [0.717, 1.165) is 6.42 Å². The van der Waals surface area contributed by atoms with Crippen LogP contribution in [0.3, 0.4) is 0 Å². The predicted octanol–water partition coefficient (Wildman–Crippen LogP) is 3.74. The van der Waals surface area contributed by atoms with Crippen LogP contribution in [0.2, 0.25) is 0 Å². The highest BCUT2D eigenvalue weighted by Gasteiger charge is 2.20. The molecule has 0 radical (unpaired) electrons. The molecular weight excluding hydrogens is 194 g/mol. The summed E-state index contributed by atoms with van der Waals surface area (Å²) < 4.78 is 0.